The third-order valence-electron chi connectivity index (χ3n) is 4.54. The first-order valence-corrected chi connectivity index (χ1v) is 9.74. The number of hydrogen-bond donors (Lipinski definition) is 1. The van der Waals surface area contributed by atoms with Crippen LogP contribution < -0.4 is 10.2 Å². The number of rotatable bonds is 8. The number of amides is 2. The van der Waals surface area contributed by atoms with Crippen LogP contribution in [0.1, 0.15) is 37.5 Å². The van der Waals surface area contributed by atoms with Crippen molar-refractivity contribution < 1.29 is 9.59 Å². The lowest BCUT2D eigenvalue weighted by atomic mass is 10.0. The normalized spacial score (nSPS) is 10.5. The number of benzene rings is 2. The van der Waals surface area contributed by atoms with Crippen LogP contribution in [0.2, 0.25) is 5.02 Å². The predicted molar refractivity (Wildman–Crippen MR) is 111 cm³/mol. The molecule has 2 rings (SSSR count). The Bertz CT molecular complexity index is 782. The van der Waals surface area contributed by atoms with Gasteiger partial charge in [-0.1, -0.05) is 55.8 Å². The van der Waals surface area contributed by atoms with Crippen LogP contribution in [-0.4, -0.2) is 24.9 Å². The second-order valence-corrected chi connectivity index (χ2v) is 6.90. The van der Waals surface area contributed by atoms with Gasteiger partial charge in [0.2, 0.25) is 11.8 Å². The monoisotopic (exact) mass is 386 g/mol. The summed E-state index contributed by atoms with van der Waals surface area (Å²) in [5.74, 6) is -0.296. The molecule has 0 aromatic heterocycles. The van der Waals surface area contributed by atoms with Gasteiger partial charge >= 0.3 is 0 Å². The highest BCUT2D eigenvalue weighted by Crippen LogP contribution is 2.27. The first-order chi connectivity index (χ1) is 13.0. The molecule has 0 saturated heterocycles. The molecule has 27 heavy (non-hydrogen) atoms. The minimum Gasteiger partial charge on any atom is -0.354 e. The number of nitrogens with zero attached hydrogens (tertiary/aromatic N) is 1. The summed E-state index contributed by atoms with van der Waals surface area (Å²) in [6.07, 6.45) is 2.31. The molecule has 1 N–H and O–H groups in total. The van der Waals surface area contributed by atoms with Crippen molar-refractivity contribution in [2.75, 3.05) is 18.0 Å². The summed E-state index contributed by atoms with van der Waals surface area (Å²) in [6.45, 7) is 6.14. The van der Waals surface area contributed by atoms with E-state index in [9.17, 15) is 9.59 Å². The summed E-state index contributed by atoms with van der Waals surface area (Å²) in [4.78, 5) is 26.3. The predicted octanol–water partition coefficient (Wildman–Crippen LogP) is 4.18. The van der Waals surface area contributed by atoms with Crippen LogP contribution in [0.5, 0.6) is 0 Å². The molecule has 4 nitrogen and oxygen atoms in total. The highest BCUT2D eigenvalue weighted by Gasteiger charge is 2.20. The molecule has 144 valence electrons. The van der Waals surface area contributed by atoms with Crippen molar-refractivity contribution in [1.82, 2.24) is 5.32 Å². The molecule has 2 aromatic carbocycles. The first kappa shape index (κ1) is 21.0. The largest absolute Gasteiger partial charge is 0.354 e. The van der Waals surface area contributed by atoms with Crippen LogP contribution in [0.4, 0.5) is 5.69 Å². The molecule has 0 radical (unpaired) electrons. The zero-order chi connectivity index (χ0) is 19.8. The van der Waals surface area contributed by atoms with E-state index >= 15 is 0 Å². The quantitative estimate of drug-likeness (QED) is 0.739. The highest BCUT2D eigenvalue weighted by molar-refractivity contribution is 6.30. The van der Waals surface area contributed by atoms with Gasteiger partial charge in [-0.2, -0.15) is 0 Å². The Morgan fingerprint density at radius 1 is 1.04 bits per heavy atom. The van der Waals surface area contributed by atoms with Crippen molar-refractivity contribution in [3.05, 3.63) is 64.2 Å². The van der Waals surface area contributed by atoms with Crippen molar-refractivity contribution >= 4 is 29.1 Å². The van der Waals surface area contributed by atoms with Gasteiger partial charge in [0.25, 0.3) is 0 Å². The minimum absolute atomic E-state index is 0.0227. The van der Waals surface area contributed by atoms with Crippen LogP contribution >= 0.6 is 11.6 Å². The van der Waals surface area contributed by atoms with E-state index < -0.39 is 0 Å². The van der Waals surface area contributed by atoms with Gasteiger partial charge in [0, 0.05) is 18.5 Å². The lowest BCUT2D eigenvalue weighted by molar-refractivity contribution is -0.123. The molecular formula is C22H27ClN2O2. The number of para-hydroxylation sites is 1. The van der Waals surface area contributed by atoms with Crippen LogP contribution in [-0.2, 0) is 28.9 Å². The zero-order valence-electron chi connectivity index (χ0n) is 16.2. The third-order valence-corrected chi connectivity index (χ3v) is 4.78. The average molecular weight is 387 g/mol. The third kappa shape index (κ3) is 5.83. The Morgan fingerprint density at radius 2 is 1.67 bits per heavy atom. The van der Waals surface area contributed by atoms with Gasteiger partial charge in [-0.05, 0) is 48.1 Å². The number of carbonyl (C=O) groups excluding carboxylic acids is 2. The molecule has 0 atom stereocenters. The summed E-state index contributed by atoms with van der Waals surface area (Å²) < 4.78 is 0. The van der Waals surface area contributed by atoms with Gasteiger partial charge in [-0.15, -0.1) is 0 Å². The Balaban J connectivity index is 2.06. The summed E-state index contributed by atoms with van der Waals surface area (Å²) in [5, 5.41) is 3.59. The topological polar surface area (TPSA) is 49.4 Å². The Hall–Kier alpha value is -2.33. The van der Waals surface area contributed by atoms with E-state index in [0.29, 0.717) is 18.0 Å². The molecule has 0 aliphatic heterocycles. The summed E-state index contributed by atoms with van der Waals surface area (Å²) in [5.41, 5.74) is 4.10. The summed E-state index contributed by atoms with van der Waals surface area (Å²) >= 11 is 5.98. The maximum Gasteiger partial charge on any atom is 0.240 e. The molecule has 0 bridgehead atoms. The maximum atomic E-state index is 12.5. The minimum atomic E-state index is -0.166. The number of carbonyl (C=O) groups is 2. The second-order valence-electron chi connectivity index (χ2n) is 6.47. The highest BCUT2D eigenvalue weighted by atomic mass is 35.5. The van der Waals surface area contributed by atoms with Gasteiger partial charge in [-0.25, -0.2) is 0 Å². The standard InChI is InChI=1S/C22H27ClN2O2/c1-4-18-9-7-10-19(5-2)22(18)25(16(3)26)15-21(27)24-13-12-17-8-6-11-20(23)14-17/h6-11,14H,4-5,12-13,15H2,1-3H3,(H,24,27). The number of anilines is 1. The average Bonchev–Trinajstić information content (AvgIpc) is 2.65. The molecule has 2 aromatic rings. The molecular weight excluding hydrogens is 360 g/mol. The lowest BCUT2D eigenvalue weighted by Crippen LogP contribution is -2.41. The van der Waals surface area contributed by atoms with Crippen molar-refractivity contribution in [2.45, 2.75) is 40.0 Å². The summed E-state index contributed by atoms with van der Waals surface area (Å²) in [7, 11) is 0. The molecule has 0 aliphatic rings. The lowest BCUT2D eigenvalue weighted by Gasteiger charge is -2.26. The van der Waals surface area contributed by atoms with Gasteiger partial charge in [-0.3, -0.25) is 9.59 Å². The van der Waals surface area contributed by atoms with E-state index in [1.807, 2.05) is 42.5 Å². The van der Waals surface area contributed by atoms with E-state index in [2.05, 4.69) is 19.2 Å². The van der Waals surface area contributed by atoms with Crippen LogP contribution in [0.15, 0.2) is 42.5 Å². The number of aryl methyl sites for hydroxylation is 2. The van der Waals surface area contributed by atoms with Crippen molar-refractivity contribution in [3.8, 4) is 0 Å². The van der Waals surface area contributed by atoms with Gasteiger partial charge in [0.05, 0.1) is 5.69 Å². The first-order valence-electron chi connectivity index (χ1n) is 9.36. The van der Waals surface area contributed by atoms with Gasteiger partial charge < -0.3 is 10.2 Å². The molecule has 0 aliphatic carbocycles. The van der Waals surface area contributed by atoms with Gasteiger partial charge in [0.1, 0.15) is 6.54 Å². The Morgan fingerprint density at radius 3 is 2.22 bits per heavy atom. The zero-order valence-corrected chi connectivity index (χ0v) is 17.0. The van der Waals surface area contributed by atoms with Crippen molar-refractivity contribution in [1.29, 1.82) is 0 Å². The number of hydrogen-bond acceptors (Lipinski definition) is 2. The fourth-order valence-corrected chi connectivity index (χ4v) is 3.36. The van der Waals surface area contributed by atoms with Crippen LogP contribution in [0.25, 0.3) is 0 Å². The summed E-state index contributed by atoms with van der Waals surface area (Å²) in [6, 6.07) is 13.6. The Labute approximate surface area is 166 Å². The van der Waals surface area contributed by atoms with E-state index in [-0.39, 0.29) is 18.4 Å². The fraction of sp³-hybridized carbons (Fsp3) is 0.364. The van der Waals surface area contributed by atoms with E-state index in [1.165, 1.54) is 6.92 Å². The number of nitrogens with one attached hydrogen (secondary N) is 1. The van der Waals surface area contributed by atoms with Crippen molar-refractivity contribution in [2.24, 2.45) is 0 Å². The smallest absolute Gasteiger partial charge is 0.240 e. The number of halogens is 1. The van der Waals surface area contributed by atoms with Crippen LogP contribution in [0, 0.1) is 0 Å². The molecule has 0 fully saturated rings. The van der Waals surface area contributed by atoms with Crippen LogP contribution in [0.3, 0.4) is 0 Å². The maximum absolute atomic E-state index is 12.5. The van der Waals surface area contributed by atoms with Gasteiger partial charge in [0.15, 0.2) is 0 Å². The molecule has 0 heterocycles. The molecule has 5 heteroatoms. The van der Waals surface area contributed by atoms with E-state index in [0.717, 1.165) is 35.2 Å². The van der Waals surface area contributed by atoms with Crippen molar-refractivity contribution in [3.63, 3.8) is 0 Å². The van der Waals surface area contributed by atoms with E-state index in [4.69, 9.17) is 11.6 Å². The molecule has 0 spiro atoms. The SMILES string of the molecule is CCc1cccc(CC)c1N(CC(=O)NCCc1cccc(Cl)c1)C(C)=O. The van der Waals surface area contributed by atoms with E-state index in [1.54, 1.807) is 4.90 Å². The molecule has 0 unspecified atom stereocenters. The Kier molecular flexibility index (Phi) is 7.86. The molecule has 0 saturated carbocycles. The fourth-order valence-electron chi connectivity index (χ4n) is 3.15. The second kappa shape index (κ2) is 10.1. The molecule has 2 amide bonds.